The van der Waals surface area contributed by atoms with Gasteiger partial charge in [-0.25, -0.2) is 0 Å². The molecule has 0 bridgehead atoms. The maximum absolute atomic E-state index is 12.3. The van der Waals surface area contributed by atoms with Gasteiger partial charge in [0.2, 0.25) is 0 Å². The van der Waals surface area contributed by atoms with Gasteiger partial charge in [0.1, 0.15) is 5.84 Å². The number of amides is 1. The number of aliphatic imine (C=N–C) groups is 2. The Hall–Kier alpha value is -1.60. The molecule has 0 saturated carbocycles. The highest BCUT2D eigenvalue weighted by Crippen LogP contribution is 2.34. The maximum atomic E-state index is 12.3. The third kappa shape index (κ3) is 3.89. The van der Waals surface area contributed by atoms with E-state index in [0.717, 1.165) is 17.7 Å². The smallest absolute Gasteiger partial charge is 0.256 e. The van der Waals surface area contributed by atoms with Gasteiger partial charge in [-0.1, -0.05) is 45.9 Å². The van der Waals surface area contributed by atoms with E-state index in [2.05, 4.69) is 38.2 Å². The van der Waals surface area contributed by atoms with E-state index < -0.39 is 0 Å². The topological polar surface area (TPSA) is 79.8 Å². The van der Waals surface area contributed by atoms with Crippen molar-refractivity contribution in [3.63, 3.8) is 0 Å². The first-order chi connectivity index (χ1) is 11.5. The lowest BCUT2D eigenvalue weighted by Gasteiger charge is -2.29. The molecule has 1 amide bonds. The first kappa shape index (κ1) is 17.2. The van der Waals surface area contributed by atoms with Crippen LogP contribution in [0, 0.1) is 0 Å². The Bertz CT molecular complexity index is 729. The largest absolute Gasteiger partial charge is 0.379 e. The lowest BCUT2D eigenvalue weighted by atomic mass is 9.89. The molecule has 7 heteroatoms. The van der Waals surface area contributed by atoms with Crippen LogP contribution in [-0.4, -0.2) is 34.0 Å². The van der Waals surface area contributed by atoms with E-state index in [-0.39, 0.29) is 16.3 Å². The molecule has 2 atom stereocenters. The van der Waals surface area contributed by atoms with Crippen LogP contribution in [0.25, 0.3) is 0 Å². The number of hydrogen-bond donors (Lipinski definition) is 2. The summed E-state index contributed by atoms with van der Waals surface area (Å²) in [6.07, 6.45) is 4.71. The Morgan fingerprint density at radius 3 is 2.79 bits per heavy atom. The fourth-order valence-electron chi connectivity index (χ4n) is 2.64. The standard InChI is InChI=1S/C17H19BrN4OS/c1-17(8-9-24-16(19)22-17)12-4-2-11(3-5-12)15(23)21-14-7-6-13(18)10-20-14/h2-7,13H,8-10H2,1H3,(H2,19,22)(H,20,21,23). The summed E-state index contributed by atoms with van der Waals surface area (Å²) >= 11 is 5.04. The van der Waals surface area contributed by atoms with E-state index >= 15 is 0 Å². The molecule has 2 aliphatic heterocycles. The summed E-state index contributed by atoms with van der Waals surface area (Å²) in [7, 11) is 0. The predicted molar refractivity (Wildman–Crippen MR) is 104 cm³/mol. The highest BCUT2D eigenvalue weighted by Gasteiger charge is 2.29. The summed E-state index contributed by atoms with van der Waals surface area (Å²) in [6, 6.07) is 7.55. The van der Waals surface area contributed by atoms with Crippen LogP contribution in [0.4, 0.5) is 0 Å². The number of nitrogens with two attached hydrogens (primary N) is 1. The minimum absolute atomic E-state index is 0.162. The summed E-state index contributed by atoms with van der Waals surface area (Å²) in [4.78, 5) is 21.4. The Morgan fingerprint density at radius 1 is 1.42 bits per heavy atom. The molecule has 0 aliphatic carbocycles. The SMILES string of the molecule is CC1(c2ccc(C(=O)NC3=NCC(Br)C=C3)cc2)CCSC(N)=N1. The van der Waals surface area contributed by atoms with Crippen molar-refractivity contribution in [1.29, 1.82) is 0 Å². The van der Waals surface area contributed by atoms with Crippen LogP contribution in [0.2, 0.25) is 0 Å². The first-order valence-corrected chi connectivity index (χ1v) is 9.63. The molecule has 0 saturated heterocycles. The van der Waals surface area contributed by atoms with E-state index in [1.54, 1.807) is 11.8 Å². The van der Waals surface area contributed by atoms with Crippen LogP contribution in [0.1, 0.15) is 29.3 Å². The van der Waals surface area contributed by atoms with Gasteiger partial charge in [-0.15, -0.1) is 0 Å². The van der Waals surface area contributed by atoms with Crippen molar-refractivity contribution in [2.24, 2.45) is 15.7 Å². The second kappa shape index (κ2) is 7.11. The highest BCUT2D eigenvalue weighted by atomic mass is 79.9. The lowest BCUT2D eigenvalue weighted by molar-refractivity contribution is 0.0977. The second-order valence-electron chi connectivity index (χ2n) is 5.95. The zero-order valence-electron chi connectivity index (χ0n) is 13.3. The summed E-state index contributed by atoms with van der Waals surface area (Å²) in [5, 5.41) is 3.45. The molecule has 2 heterocycles. The highest BCUT2D eigenvalue weighted by molar-refractivity contribution is 9.09. The molecule has 0 aromatic heterocycles. The van der Waals surface area contributed by atoms with Crippen LogP contribution < -0.4 is 11.1 Å². The van der Waals surface area contributed by atoms with Crippen molar-refractivity contribution in [2.45, 2.75) is 23.7 Å². The Balaban J connectivity index is 1.71. The van der Waals surface area contributed by atoms with E-state index in [9.17, 15) is 4.79 Å². The van der Waals surface area contributed by atoms with Crippen molar-refractivity contribution >= 4 is 44.6 Å². The Morgan fingerprint density at radius 2 is 2.17 bits per heavy atom. The normalized spacial score (nSPS) is 26.5. The number of rotatable bonds is 2. The van der Waals surface area contributed by atoms with Crippen molar-refractivity contribution in [3.05, 3.63) is 47.5 Å². The van der Waals surface area contributed by atoms with Crippen LogP contribution in [0.15, 0.2) is 46.4 Å². The molecular weight excluding hydrogens is 388 g/mol. The number of nitrogens with zero attached hydrogens (tertiary/aromatic N) is 2. The third-order valence-corrected chi connectivity index (χ3v) is 5.50. The lowest BCUT2D eigenvalue weighted by Crippen LogP contribution is -2.31. The van der Waals surface area contributed by atoms with E-state index in [1.807, 2.05) is 36.4 Å². The van der Waals surface area contributed by atoms with Crippen molar-refractivity contribution < 1.29 is 4.79 Å². The Kier molecular flexibility index (Phi) is 5.10. The zero-order valence-corrected chi connectivity index (χ0v) is 15.7. The number of alkyl halides is 1. The van der Waals surface area contributed by atoms with Gasteiger partial charge in [0.15, 0.2) is 5.17 Å². The number of thioether (sulfide) groups is 1. The van der Waals surface area contributed by atoms with Crippen molar-refractivity contribution in [2.75, 3.05) is 12.3 Å². The van der Waals surface area contributed by atoms with Crippen LogP contribution >= 0.6 is 27.7 Å². The zero-order chi connectivity index (χ0) is 17.2. The molecule has 0 fully saturated rings. The number of nitrogens with one attached hydrogen (secondary N) is 1. The molecule has 2 aliphatic rings. The number of carbonyl (C=O) groups excluding carboxylic acids is 1. The van der Waals surface area contributed by atoms with Gasteiger partial charge in [0, 0.05) is 11.3 Å². The van der Waals surface area contributed by atoms with Gasteiger partial charge in [0.05, 0.1) is 16.9 Å². The van der Waals surface area contributed by atoms with Crippen molar-refractivity contribution in [1.82, 2.24) is 5.32 Å². The van der Waals surface area contributed by atoms with Gasteiger partial charge in [0.25, 0.3) is 5.91 Å². The van der Waals surface area contributed by atoms with Crippen LogP contribution in [0.5, 0.6) is 0 Å². The van der Waals surface area contributed by atoms with E-state index in [0.29, 0.717) is 23.1 Å². The fourth-order valence-corrected chi connectivity index (χ4v) is 3.91. The second-order valence-corrected chi connectivity index (χ2v) is 8.25. The molecule has 3 rings (SSSR count). The van der Waals surface area contributed by atoms with E-state index in [1.165, 1.54) is 0 Å². The van der Waals surface area contributed by atoms with Gasteiger partial charge in [-0.2, -0.15) is 0 Å². The van der Waals surface area contributed by atoms with Crippen LogP contribution in [0.3, 0.4) is 0 Å². The van der Waals surface area contributed by atoms with Crippen molar-refractivity contribution in [3.8, 4) is 0 Å². The van der Waals surface area contributed by atoms with Gasteiger partial charge < -0.3 is 11.1 Å². The summed E-state index contributed by atoms with van der Waals surface area (Å²) in [6.45, 7) is 2.70. The number of halogens is 1. The average Bonchev–Trinajstić information content (AvgIpc) is 2.57. The molecule has 0 radical (unpaired) electrons. The van der Waals surface area contributed by atoms with Gasteiger partial charge >= 0.3 is 0 Å². The summed E-state index contributed by atoms with van der Waals surface area (Å²) in [5.41, 5.74) is 7.22. The van der Waals surface area contributed by atoms with Gasteiger partial charge in [-0.05, 0) is 37.1 Å². The molecule has 126 valence electrons. The number of hydrogen-bond acceptors (Lipinski definition) is 5. The molecule has 1 aromatic carbocycles. The van der Waals surface area contributed by atoms with E-state index in [4.69, 9.17) is 5.73 Å². The van der Waals surface area contributed by atoms with Crippen LogP contribution in [-0.2, 0) is 5.54 Å². The molecule has 2 unspecified atom stereocenters. The number of amidine groups is 2. The number of benzene rings is 1. The minimum atomic E-state index is -0.314. The monoisotopic (exact) mass is 406 g/mol. The van der Waals surface area contributed by atoms with Gasteiger partial charge in [-0.3, -0.25) is 14.8 Å². The fraction of sp³-hybridized carbons (Fsp3) is 0.353. The number of dihydropyridines is 1. The number of carbonyl (C=O) groups is 1. The quantitative estimate of drug-likeness (QED) is 0.740. The predicted octanol–water partition coefficient (Wildman–Crippen LogP) is 2.82. The molecule has 3 N–H and O–H groups in total. The summed E-state index contributed by atoms with van der Waals surface area (Å²) < 4.78 is 0. The third-order valence-electron chi connectivity index (χ3n) is 4.11. The summed E-state index contributed by atoms with van der Waals surface area (Å²) in [5.74, 6) is 1.38. The molecule has 0 spiro atoms. The molecular formula is C17H19BrN4OS. The Labute approximate surface area is 154 Å². The molecule has 24 heavy (non-hydrogen) atoms. The average molecular weight is 407 g/mol. The molecule has 1 aromatic rings. The molecule has 5 nitrogen and oxygen atoms in total. The minimum Gasteiger partial charge on any atom is -0.379 e. The first-order valence-electron chi connectivity index (χ1n) is 7.73. The maximum Gasteiger partial charge on any atom is 0.256 e.